The number of hydrogen-bond donors (Lipinski definition) is 1. The van der Waals surface area contributed by atoms with Gasteiger partial charge < -0.3 is 15.4 Å². The quantitative estimate of drug-likeness (QED) is 0.864. The van der Waals surface area contributed by atoms with Crippen LogP contribution in [0.2, 0.25) is 0 Å². The van der Waals surface area contributed by atoms with E-state index in [2.05, 4.69) is 16.8 Å². The Labute approximate surface area is 126 Å². The molecule has 1 aromatic heterocycles. The Morgan fingerprint density at radius 1 is 1.43 bits per heavy atom. The average Bonchev–Trinajstić information content (AvgIpc) is 2.73. The van der Waals surface area contributed by atoms with E-state index in [0.717, 1.165) is 37.7 Å². The summed E-state index contributed by atoms with van der Waals surface area (Å²) in [7, 11) is 0. The maximum atomic E-state index is 11.9. The number of nitrogen functional groups attached to an aromatic ring is 1. The monoisotopic (exact) mass is 291 g/mol. The van der Waals surface area contributed by atoms with Crippen LogP contribution >= 0.6 is 0 Å². The Morgan fingerprint density at radius 2 is 2.24 bits per heavy atom. The number of carbonyl (C=O) groups excluding carboxylic acids is 1. The van der Waals surface area contributed by atoms with Crippen LogP contribution in [0.5, 0.6) is 0 Å². The molecule has 0 saturated carbocycles. The molecule has 2 N–H and O–H groups in total. The smallest absolute Gasteiger partial charge is 0.340 e. The maximum absolute atomic E-state index is 11.9. The van der Waals surface area contributed by atoms with Crippen LogP contribution in [0.25, 0.3) is 0 Å². The van der Waals surface area contributed by atoms with Crippen molar-refractivity contribution in [1.82, 2.24) is 4.98 Å². The zero-order valence-corrected chi connectivity index (χ0v) is 13.0. The standard InChI is InChI=1S/C16H25N3O2/c1-3-12-6-5-10-19(11-8-12)15-14(17)13(7-9-18-15)16(20)21-4-2/h7,9,12H,3-6,8,10-11,17H2,1-2H3. The number of carbonyl (C=O) groups is 1. The maximum Gasteiger partial charge on any atom is 0.340 e. The van der Waals surface area contributed by atoms with E-state index >= 15 is 0 Å². The minimum absolute atomic E-state index is 0.345. The summed E-state index contributed by atoms with van der Waals surface area (Å²) in [5, 5.41) is 0. The van der Waals surface area contributed by atoms with Crippen LogP contribution in [-0.4, -0.2) is 30.6 Å². The first kappa shape index (κ1) is 15.6. The number of nitrogens with zero attached hydrogens (tertiary/aromatic N) is 2. The fourth-order valence-electron chi connectivity index (χ4n) is 2.89. The van der Waals surface area contributed by atoms with Gasteiger partial charge in [0.2, 0.25) is 0 Å². The third-order valence-corrected chi connectivity index (χ3v) is 4.19. The second-order valence-electron chi connectivity index (χ2n) is 5.51. The number of anilines is 2. The van der Waals surface area contributed by atoms with Crippen LogP contribution in [0.3, 0.4) is 0 Å². The van der Waals surface area contributed by atoms with Gasteiger partial charge in [0.05, 0.1) is 17.9 Å². The molecule has 1 aromatic rings. The van der Waals surface area contributed by atoms with Crippen molar-refractivity contribution in [2.45, 2.75) is 39.5 Å². The molecule has 1 saturated heterocycles. The number of aromatic nitrogens is 1. The molecule has 0 bridgehead atoms. The van der Waals surface area contributed by atoms with Crippen molar-refractivity contribution in [2.24, 2.45) is 5.92 Å². The highest BCUT2D eigenvalue weighted by atomic mass is 16.5. The van der Waals surface area contributed by atoms with Gasteiger partial charge in [-0.1, -0.05) is 13.3 Å². The Balaban J connectivity index is 2.20. The van der Waals surface area contributed by atoms with Crippen molar-refractivity contribution < 1.29 is 9.53 Å². The molecule has 1 unspecified atom stereocenters. The summed E-state index contributed by atoms with van der Waals surface area (Å²) in [6.45, 7) is 6.27. The summed E-state index contributed by atoms with van der Waals surface area (Å²) in [4.78, 5) is 18.5. The zero-order chi connectivity index (χ0) is 15.2. The number of rotatable bonds is 4. The summed E-state index contributed by atoms with van der Waals surface area (Å²) >= 11 is 0. The molecule has 1 aliphatic rings. The number of nitrogens with two attached hydrogens (primary N) is 1. The van der Waals surface area contributed by atoms with Crippen LogP contribution in [-0.2, 0) is 4.74 Å². The third kappa shape index (κ3) is 3.65. The summed E-state index contributed by atoms with van der Waals surface area (Å²) in [6.07, 6.45) is 6.41. The fraction of sp³-hybridized carbons (Fsp3) is 0.625. The minimum atomic E-state index is -0.375. The fourth-order valence-corrected chi connectivity index (χ4v) is 2.89. The van der Waals surface area contributed by atoms with Gasteiger partial charge in [-0.2, -0.15) is 0 Å². The molecule has 0 spiro atoms. The normalized spacial score (nSPS) is 19.1. The van der Waals surface area contributed by atoms with Gasteiger partial charge in [-0.3, -0.25) is 0 Å². The van der Waals surface area contributed by atoms with Crippen LogP contribution in [0.15, 0.2) is 12.3 Å². The molecule has 1 aliphatic heterocycles. The highest BCUT2D eigenvalue weighted by Crippen LogP contribution is 2.28. The van der Waals surface area contributed by atoms with Crippen LogP contribution < -0.4 is 10.6 Å². The summed E-state index contributed by atoms with van der Waals surface area (Å²) in [5.74, 6) is 1.13. The number of pyridine rings is 1. The summed E-state index contributed by atoms with van der Waals surface area (Å²) in [5.41, 5.74) is 7.01. The van der Waals surface area contributed by atoms with Crippen LogP contribution in [0.4, 0.5) is 11.5 Å². The van der Waals surface area contributed by atoms with E-state index in [4.69, 9.17) is 10.5 Å². The molecular formula is C16H25N3O2. The minimum Gasteiger partial charge on any atom is -0.462 e. The largest absolute Gasteiger partial charge is 0.462 e. The lowest BCUT2D eigenvalue weighted by Gasteiger charge is -2.23. The second kappa shape index (κ2) is 7.29. The molecular weight excluding hydrogens is 266 g/mol. The lowest BCUT2D eigenvalue weighted by atomic mass is 9.98. The van der Waals surface area contributed by atoms with Crippen molar-refractivity contribution in [3.8, 4) is 0 Å². The Kier molecular flexibility index (Phi) is 5.42. The molecule has 0 aromatic carbocycles. The molecule has 116 valence electrons. The molecule has 0 aliphatic carbocycles. The summed E-state index contributed by atoms with van der Waals surface area (Å²) in [6, 6.07) is 1.63. The third-order valence-electron chi connectivity index (χ3n) is 4.19. The second-order valence-corrected chi connectivity index (χ2v) is 5.51. The van der Waals surface area contributed by atoms with E-state index in [9.17, 15) is 4.79 Å². The van der Waals surface area contributed by atoms with Crippen LogP contribution in [0.1, 0.15) is 49.9 Å². The Morgan fingerprint density at radius 3 is 2.95 bits per heavy atom. The topological polar surface area (TPSA) is 68.5 Å². The predicted molar refractivity (Wildman–Crippen MR) is 84.5 cm³/mol. The molecule has 1 atom stereocenters. The predicted octanol–water partition coefficient (Wildman–Crippen LogP) is 2.86. The van der Waals surface area contributed by atoms with Crippen molar-refractivity contribution >= 4 is 17.5 Å². The first-order valence-corrected chi connectivity index (χ1v) is 7.83. The van der Waals surface area contributed by atoms with Gasteiger partial charge in [-0.05, 0) is 38.2 Å². The molecule has 2 rings (SSSR count). The number of esters is 1. The molecule has 5 heteroatoms. The average molecular weight is 291 g/mol. The van der Waals surface area contributed by atoms with Crippen molar-refractivity contribution in [3.05, 3.63) is 17.8 Å². The Bertz CT molecular complexity index is 490. The first-order valence-electron chi connectivity index (χ1n) is 7.83. The van der Waals surface area contributed by atoms with E-state index in [-0.39, 0.29) is 5.97 Å². The number of hydrogen-bond acceptors (Lipinski definition) is 5. The highest BCUT2D eigenvalue weighted by molar-refractivity contribution is 5.97. The van der Waals surface area contributed by atoms with Gasteiger partial charge in [0, 0.05) is 19.3 Å². The Hall–Kier alpha value is -1.78. The van der Waals surface area contributed by atoms with Gasteiger partial charge in [0.1, 0.15) is 0 Å². The zero-order valence-electron chi connectivity index (χ0n) is 13.0. The number of ether oxygens (including phenoxy) is 1. The molecule has 2 heterocycles. The van der Waals surface area contributed by atoms with Crippen molar-refractivity contribution in [1.29, 1.82) is 0 Å². The van der Waals surface area contributed by atoms with E-state index in [1.807, 2.05) is 0 Å². The molecule has 5 nitrogen and oxygen atoms in total. The van der Waals surface area contributed by atoms with E-state index in [0.29, 0.717) is 17.9 Å². The van der Waals surface area contributed by atoms with Gasteiger partial charge in [0.15, 0.2) is 5.82 Å². The molecule has 0 radical (unpaired) electrons. The van der Waals surface area contributed by atoms with Gasteiger partial charge in [0.25, 0.3) is 0 Å². The SMILES string of the molecule is CCOC(=O)c1ccnc(N2CCCC(CC)CC2)c1N. The van der Waals surface area contributed by atoms with Crippen molar-refractivity contribution in [2.75, 3.05) is 30.3 Å². The van der Waals surface area contributed by atoms with Crippen LogP contribution in [0, 0.1) is 5.92 Å². The molecule has 0 amide bonds. The lowest BCUT2D eigenvalue weighted by Crippen LogP contribution is -2.27. The van der Waals surface area contributed by atoms with E-state index in [1.165, 1.54) is 12.8 Å². The lowest BCUT2D eigenvalue weighted by molar-refractivity contribution is 0.0527. The molecule has 21 heavy (non-hydrogen) atoms. The van der Waals surface area contributed by atoms with Gasteiger partial charge >= 0.3 is 5.97 Å². The van der Waals surface area contributed by atoms with Gasteiger partial charge in [-0.25, -0.2) is 9.78 Å². The molecule has 1 fully saturated rings. The first-order chi connectivity index (χ1) is 10.2. The van der Waals surface area contributed by atoms with E-state index < -0.39 is 0 Å². The highest BCUT2D eigenvalue weighted by Gasteiger charge is 2.21. The van der Waals surface area contributed by atoms with Crippen molar-refractivity contribution in [3.63, 3.8) is 0 Å². The van der Waals surface area contributed by atoms with Gasteiger partial charge in [-0.15, -0.1) is 0 Å². The summed E-state index contributed by atoms with van der Waals surface area (Å²) < 4.78 is 5.05. The van der Waals surface area contributed by atoms with E-state index in [1.54, 1.807) is 19.2 Å².